The average Bonchev–Trinajstić information content (AvgIpc) is 3.33. The highest BCUT2D eigenvalue weighted by Crippen LogP contribution is 2.21. The number of aliphatic carboxylic acids is 1. The molecule has 3 heterocycles. The summed E-state index contributed by atoms with van der Waals surface area (Å²) in [7, 11) is 0. The Bertz CT molecular complexity index is 1030. The Kier molecular flexibility index (Phi) is 6.90. The number of carbonyl (C=O) groups excluding carboxylic acids is 1. The van der Waals surface area contributed by atoms with Gasteiger partial charge < -0.3 is 24.6 Å². The molecule has 3 aromatic rings. The first kappa shape index (κ1) is 21.7. The molecule has 1 fully saturated rings. The lowest BCUT2D eigenvalue weighted by Gasteiger charge is -2.34. The number of H-pyrrole nitrogens is 1. The van der Waals surface area contributed by atoms with Crippen LogP contribution in [0.2, 0.25) is 0 Å². The number of benzene rings is 1. The Labute approximate surface area is 189 Å². The van der Waals surface area contributed by atoms with Crippen molar-refractivity contribution in [2.24, 2.45) is 0 Å². The second kappa shape index (κ2) is 10.2. The molecule has 1 aliphatic rings. The summed E-state index contributed by atoms with van der Waals surface area (Å²) in [5.41, 5.74) is 1.77. The Balaban J connectivity index is 1.24. The van der Waals surface area contributed by atoms with Gasteiger partial charge in [-0.05, 0) is 29.3 Å². The van der Waals surface area contributed by atoms with E-state index in [0.717, 1.165) is 22.3 Å². The first-order chi connectivity index (χ1) is 15.6. The average molecular weight is 454 g/mol. The van der Waals surface area contributed by atoms with E-state index >= 15 is 0 Å². The molecule has 0 bridgehead atoms. The molecule has 32 heavy (non-hydrogen) atoms. The van der Waals surface area contributed by atoms with E-state index in [-0.39, 0.29) is 12.5 Å². The van der Waals surface area contributed by atoms with Crippen LogP contribution in [0.5, 0.6) is 5.75 Å². The van der Waals surface area contributed by atoms with Crippen molar-refractivity contribution < 1.29 is 19.4 Å². The van der Waals surface area contributed by atoms with Crippen molar-refractivity contribution in [1.29, 1.82) is 0 Å². The van der Waals surface area contributed by atoms with Crippen LogP contribution in [-0.4, -0.2) is 63.2 Å². The number of nitrogens with zero attached hydrogens (tertiary/aromatic N) is 4. The highest BCUT2D eigenvalue weighted by molar-refractivity contribution is 7.98. The predicted molar refractivity (Wildman–Crippen MR) is 120 cm³/mol. The molecule has 0 radical (unpaired) electrons. The summed E-state index contributed by atoms with van der Waals surface area (Å²) in [5, 5.41) is 9.72. The number of anilines is 1. The summed E-state index contributed by atoms with van der Waals surface area (Å²) >= 11 is 1.61. The predicted octanol–water partition coefficient (Wildman–Crippen LogP) is 3.05. The molecule has 0 atom stereocenters. The van der Waals surface area contributed by atoms with Crippen LogP contribution in [0, 0.1) is 0 Å². The number of rotatable bonds is 7. The molecule has 2 aromatic heterocycles. The van der Waals surface area contributed by atoms with Crippen LogP contribution < -0.4 is 9.64 Å². The largest absolute Gasteiger partial charge is 0.481 e. The minimum atomic E-state index is -0.880. The third-order valence-corrected chi connectivity index (χ3v) is 5.98. The number of hydrogen-bond acceptors (Lipinski definition) is 7. The van der Waals surface area contributed by atoms with Crippen molar-refractivity contribution in [3.05, 3.63) is 66.1 Å². The zero-order chi connectivity index (χ0) is 22.3. The number of nitrogens with one attached hydrogen (secondary N) is 1. The topological polar surface area (TPSA) is 112 Å². The second-order valence-electron chi connectivity index (χ2n) is 7.26. The zero-order valence-corrected chi connectivity index (χ0v) is 18.1. The molecule has 0 aliphatic carbocycles. The zero-order valence-electron chi connectivity index (χ0n) is 17.3. The van der Waals surface area contributed by atoms with Crippen molar-refractivity contribution in [3.8, 4) is 5.75 Å². The minimum absolute atomic E-state index is 0.0449. The first-order valence-corrected chi connectivity index (χ1v) is 11.1. The lowest BCUT2D eigenvalue weighted by molar-refractivity contribution is -0.136. The van der Waals surface area contributed by atoms with Gasteiger partial charge in [0.05, 0.1) is 6.42 Å². The Morgan fingerprint density at radius 2 is 1.78 bits per heavy atom. The van der Waals surface area contributed by atoms with Crippen LogP contribution in [0.4, 0.5) is 10.6 Å². The molecule has 0 spiro atoms. The summed E-state index contributed by atoms with van der Waals surface area (Å²) in [6.07, 6.45) is 4.68. The molecular formula is C22H23N5O4S. The lowest BCUT2D eigenvalue weighted by Crippen LogP contribution is -2.49. The summed E-state index contributed by atoms with van der Waals surface area (Å²) in [5.74, 6) is 1.18. The van der Waals surface area contributed by atoms with Crippen molar-refractivity contribution in [2.45, 2.75) is 17.3 Å². The van der Waals surface area contributed by atoms with E-state index < -0.39 is 5.97 Å². The van der Waals surface area contributed by atoms with E-state index in [1.165, 1.54) is 0 Å². The lowest BCUT2D eigenvalue weighted by atomic mass is 10.2. The van der Waals surface area contributed by atoms with E-state index in [1.807, 2.05) is 18.2 Å². The summed E-state index contributed by atoms with van der Waals surface area (Å²) in [6.45, 7) is 2.30. The molecule has 9 nitrogen and oxygen atoms in total. The number of pyridine rings is 1. The Morgan fingerprint density at radius 1 is 1.03 bits per heavy atom. The highest BCUT2D eigenvalue weighted by Gasteiger charge is 2.23. The number of carboxylic acid groups (broad SMARTS) is 1. The van der Waals surface area contributed by atoms with E-state index in [4.69, 9.17) is 9.84 Å². The number of carboxylic acids is 1. The molecule has 10 heteroatoms. The van der Waals surface area contributed by atoms with E-state index in [9.17, 15) is 9.59 Å². The van der Waals surface area contributed by atoms with Crippen LogP contribution in [0.25, 0.3) is 0 Å². The van der Waals surface area contributed by atoms with Crippen LogP contribution >= 0.6 is 11.8 Å². The molecular weight excluding hydrogens is 430 g/mol. The van der Waals surface area contributed by atoms with Crippen molar-refractivity contribution in [3.63, 3.8) is 0 Å². The molecule has 0 saturated carbocycles. The summed E-state index contributed by atoms with van der Waals surface area (Å²) < 4.78 is 5.52. The molecule has 4 rings (SSSR count). The van der Waals surface area contributed by atoms with Crippen LogP contribution in [0.3, 0.4) is 0 Å². The number of aromatic nitrogens is 3. The van der Waals surface area contributed by atoms with Crippen LogP contribution in [0.1, 0.15) is 11.1 Å². The molecule has 1 saturated heterocycles. The molecule has 1 amide bonds. The number of hydrogen-bond donors (Lipinski definition) is 2. The Hall–Kier alpha value is -3.53. The summed E-state index contributed by atoms with van der Waals surface area (Å²) in [4.78, 5) is 38.6. The number of carbonyl (C=O) groups is 2. The summed E-state index contributed by atoms with van der Waals surface area (Å²) in [6, 6.07) is 11.1. The third-order valence-electron chi connectivity index (χ3n) is 5.00. The number of aromatic amines is 1. The maximum absolute atomic E-state index is 12.5. The van der Waals surface area contributed by atoms with Crippen LogP contribution in [0.15, 0.2) is 60.1 Å². The van der Waals surface area contributed by atoms with Gasteiger partial charge in [-0.1, -0.05) is 30.0 Å². The SMILES string of the molecule is O=C(O)Cc1ccc(N2CCN(C(=O)Oc3ccc(CSc4ncc[nH]4)cc3)CC2)nc1. The second-order valence-corrected chi connectivity index (χ2v) is 8.23. The van der Waals surface area contributed by atoms with E-state index in [0.29, 0.717) is 37.5 Å². The van der Waals surface area contributed by atoms with Crippen LogP contribution in [-0.2, 0) is 17.0 Å². The van der Waals surface area contributed by atoms with Gasteiger partial charge in [0, 0.05) is 50.5 Å². The number of piperazine rings is 1. The van der Waals surface area contributed by atoms with Gasteiger partial charge in [0.1, 0.15) is 11.6 Å². The van der Waals surface area contributed by atoms with Gasteiger partial charge in [-0.3, -0.25) is 4.79 Å². The van der Waals surface area contributed by atoms with Gasteiger partial charge in [-0.15, -0.1) is 0 Å². The molecule has 0 unspecified atom stereocenters. The van der Waals surface area contributed by atoms with Crippen molar-refractivity contribution in [2.75, 3.05) is 31.1 Å². The fourth-order valence-electron chi connectivity index (χ4n) is 3.30. The number of amides is 1. The fourth-order valence-corrected chi connectivity index (χ4v) is 4.08. The molecule has 2 N–H and O–H groups in total. The van der Waals surface area contributed by atoms with Gasteiger partial charge in [0.2, 0.25) is 0 Å². The van der Waals surface area contributed by atoms with Gasteiger partial charge in [-0.2, -0.15) is 0 Å². The van der Waals surface area contributed by atoms with Crippen molar-refractivity contribution in [1.82, 2.24) is 19.9 Å². The fraction of sp³-hybridized carbons (Fsp3) is 0.273. The maximum atomic E-state index is 12.5. The standard InChI is InChI=1S/C22H23N5O4S/c28-20(29)13-17-3-6-19(25-14-17)26-9-11-27(12-10-26)22(30)31-18-4-1-16(2-5-18)15-32-21-23-7-8-24-21/h1-8,14H,9-13,15H2,(H,23,24)(H,28,29). The minimum Gasteiger partial charge on any atom is -0.481 e. The number of imidazole rings is 1. The van der Waals surface area contributed by atoms with E-state index in [2.05, 4.69) is 19.9 Å². The van der Waals surface area contributed by atoms with Crippen molar-refractivity contribution >= 4 is 29.6 Å². The third kappa shape index (κ3) is 5.79. The quantitative estimate of drug-likeness (QED) is 0.525. The van der Waals surface area contributed by atoms with Gasteiger partial charge in [0.25, 0.3) is 0 Å². The van der Waals surface area contributed by atoms with Gasteiger partial charge in [0.15, 0.2) is 5.16 Å². The molecule has 166 valence electrons. The van der Waals surface area contributed by atoms with Gasteiger partial charge >= 0.3 is 12.1 Å². The Morgan fingerprint density at radius 3 is 2.41 bits per heavy atom. The number of ether oxygens (including phenoxy) is 1. The first-order valence-electron chi connectivity index (χ1n) is 10.2. The van der Waals surface area contributed by atoms with E-state index in [1.54, 1.807) is 53.5 Å². The maximum Gasteiger partial charge on any atom is 0.415 e. The monoisotopic (exact) mass is 453 g/mol. The molecule has 1 aromatic carbocycles. The highest BCUT2D eigenvalue weighted by atomic mass is 32.2. The normalized spacial score (nSPS) is 13.8. The molecule has 1 aliphatic heterocycles. The number of thioether (sulfide) groups is 1. The van der Waals surface area contributed by atoms with Gasteiger partial charge in [-0.25, -0.2) is 14.8 Å². The smallest absolute Gasteiger partial charge is 0.415 e.